The van der Waals surface area contributed by atoms with Gasteiger partial charge in [0.05, 0.1) is 18.2 Å². The first kappa shape index (κ1) is 11.4. The normalized spacial score (nSPS) is 11.1. The lowest BCUT2D eigenvalue weighted by molar-refractivity contribution is 0.0698. The third-order valence-electron chi connectivity index (χ3n) is 2.59. The molecule has 0 bridgehead atoms. The van der Waals surface area contributed by atoms with Crippen LogP contribution in [0.25, 0.3) is 11.0 Å². The minimum absolute atomic E-state index is 0.155. The summed E-state index contributed by atoms with van der Waals surface area (Å²) in [5.41, 5.74) is 1.31. The zero-order chi connectivity index (χ0) is 12.6. The van der Waals surface area contributed by atoms with Crippen LogP contribution in [0, 0.1) is 0 Å². The average molecular weight is 234 g/mol. The summed E-state index contributed by atoms with van der Waals surface area (Å²) < 4.78 is 5.07. The molecule has 5 heteroatoms. The van der Waals surface area contributed by atoms with Crippen molar-refractivity contribution in [3.8, 4) is 5.75 Å². The number of H-pyrrole nitrogens is 1. The molecule has 0 aliphatic carbocycles. The average Bonchev–Trinajstić information content (AvgIpc) is 2.70. The molecule has 17 heavy (non-hydrogen) atoms. The van der Waals surface area contributed by atoms with E-state index in [0.29, 0.717) is 16.8 Å². The number of fused-ring (bicyclic) bond motifs is 1. The van der Waals surface area contributed by atoms with Crippen LogP contribution in [-0.4, -0.2) is 28.2 Å². The van der Waals surface area contributed by atoms with Crippen molar-refractivity contribution < 1.29 is 14.6 Å². The molecular formula is C12H14N2O3. The highest BCUT2D eigenvalue weighted by molar-refractivity contribution is 6.01. The SMILES string of the molecule is COc1cc(C(=O)O)c2nc(C(C)C)[nH]c2c1. The van der Waals surface area contributed by atoms with Crippen molar-refractivity contribution in [1.82, 2.24) is 9.97 Å². The fourth-order valence-electron chi connectivity index (χ4n) is 1.66. The van der Waals surface area contributed by atoms with Crippen LogP contribution >= 0.6 is 0 Å². The van der Waals surface area contributed by atoms with E-state index in [0.717, 1.165) is 5.82 Å². The number of aromatic carboxylic acids is 1. The Hall–Kier alpha value is -2.04. The van der Waals surface area contributed by atoms with Crippen molar-refractivity contribution in [2.45, 2.75) is 19.8 Å². The molecule has 0 saturated carbocycles. The van der Waals surface area contributed by atoms with E-state index in [9.17, 15) is 4.79 Å². The molecule has 0 aliphatic heterocycles. The molecule has 0 aliphatic rings. The van der Waals surface area contributed by atoms with Gasteiger partial charge in [-0.2, -0.15) is 0 Å². The summed E-state index contributed by atoms with van der Waals surface area (Å²) in [4.78, 5) is 18.6. The number of rotatable bonds is 3. The van der Waals surface area contributed by atoms with Gasteiger partial charge < -0.3 is 14.8 Å². The number of hydrogen-bond acceptors (Lipinski definition) is 3. The molecule has 0 saturated heterocycles. The summed E-state index contributed by atoms with van der Waals surface area (Å²) in [5.74, 6) is 0.496. The van der Waals surface area contributed by atoms with Crippen LogP contribution in [0.1, 0.15) is 35.9 Å². The topological polar surface area (TPSA) is 75.2 Å². The Morgan fingerprint density at radius 3 is 2.71 bits per heavy atom. The van der Waals surface area contributed by atoms with E-state index in [1.165, 1.54) is 13.2 Å². The van der Waals surface area contributed by atoms with Gasteiger partial charge in [-0.15, -0.1) is 0 Å². The molecule has 1 aromatic heterocycles. The third kappa shape index (κ3) is 1.95. The standard InChI is InChI=1S/C12H14N2O3/c1-6(2)11-13-9-5-7(17-3)4-8(12(15)16)10(9)14-11/h4-6H,1-3H3,(H,13,14)(H,15,16). The number of nitrogens with one attached hydrogen (secondary N) is 1. The first-order valence-electron chi connectivity index (χ1n) is 5.34. The van der Waals surface area contributed by atoms with Gasteiger partial charge in [0, 0.05) is 12.0 Å². The smallest absolute Gasteiger partial charge is 0.338 e. The van der Waals surface area contributed by atoms with Crippen molar-refractivity contribution in [2.75, 3.05) is 7.11 Å². The number of benzene rings is 1. The van der Waals surface area contributed by atoms with Gasteiger partial charge in [-0.1, -0.05) is 13.8 Å². The molecule has 0 amide bonds. The number of carboxylic acid groups (broad SMARTS) is 1. The number of hydrogen-bond donors (Lipinski definition) is 2. The van der Waals surface area contributed by atoms with Crippen molar-refractivity contribution in [3.63, 3.8) is 0 Å². The molecule has 5 nitrogen and oxygen atoms in total. The Morgan fingerprint density at radius 2 is 2.18 bits per heavy atom. The molecular weight excluding hydrogens is 220 g/mol. The molecule has 0 unspecified atom stereocenters. The first-order valence-corrected chi connectivity index (χ1v) is 5.34. The van der Waals surface area contributed by atoms with Gasteiger partial charge in [0.2, 0.25) is 0 Å². The Labute approximate surface area is 98.4 Å². The second-order valence-electron chi connectivity index (χ2n) is 4.15. The number of ether oxygens (including phenoxy) is 1. The molecule has 90 valence electrons. The number of carbonyl (C=O) groups is 1. The fraction of sp³-hybridized carbons (Fsp3) is 0.333. The van der Waals surface area contributed by atoms with Gasteiger partial charge in [-0.25, -0.2) is 9.78 Å². The maximum atomic E-state index is 11.2. The number of aromatic nitrogens is 2. The van der Waals surface area contributed by atoms with E-state index in [1.807, 2.05) is 13.8 Å². The summed E-state index contributed by atoms with van der Waals surface area (Å²) in [5, 5.41) is 9.14. The summed E-state index contributed by atoms with van der Waals surface area (Å²) in [6.07, 6.45) is 0. The lowest BCUT2D eigenvalue weighted by Crippen LogP contribution is -1.98. The molecule has 2 aromatic rings. The van der Waals surface area contributed by atoms with Gasteiger partial charge in [0.1, 0.15) is 17.1 Å². The third-order valence-corrected chi connectivity index (χ3v) is 2.59. The van der Waals surface area contributed by atoms with Gasteiger partial charge >= 0.3 is 5.97 Å². The lowest BCUT2D eigenvalue weighted by atomic mass is 10.2. The summed E-state index contributed by atoms with van der Waals surface area (Å²) in [6, 6.07) is 3.23. The van der Waals surface area contributed by atoms with E-state index in [2.05, 4.69) is 9.97 Å². The van der Waals surface area contributed by atoms with Crippen molar-refractivity contribution >= 4 is 17.0 Å². The predicted octanol–water partition coefficient (Wildman–Crippen LogP) is 2.39. The maximum Gasteiger partial charge on any atom is 0.338 e. The van der Waals surface area contributed by atoms with Gasteiger partial charge in [-0.05, 0) is 6.07 Å². The number of nitrogens with zero attached hydrogens (tertiary/aromatic N) is 1. The highest BCUT2D eigenvalue weighted by Crippen LogP contribution is 2.25. The van der Waals surface area contributed by atoms with Crippen LogP contribution in [0.3, 0.4) is 0 Å². The first-order chi connectivity index (χ1) is 8.02. The van der Waals surface area contributed by atoms with Gasteiger partial charge in [0.25, 0.3) is 0 Å². The zero-order valence-corrected chi connectivity index (χ0v) is 9.94. The summed E-state index contributed by atoms with van der Waals surface area (Å²) in [6.45, 7) is 3.99. The number of aromatic amines is 1. The van der Waals surface area contributed by atoms with E-state index < -0.39 is 5.97 Å². The molecule has 0 fully saturated rings. The van der Waals surface area contributed by atoms with Crippen LogP contribution in [0.15, 0.2) is 12.1 Å². The van der Waals surface area contributed by atoms with Crippen molar-refractivity contribution in [3.05, 3.63) is 23.5 Å². The van der Waals surface area contributed by atoms with E-state index in [1.54, 1.807) is 6.07 Å². The number of methoxy groups -OCH3 is 1. The second-order valence-corrected chi connectivity index (χ2v) is 4.15. The van der Waals surface area contributed by atoms with Crippen molar-refractivity contribution in [1.29, 1.82) is 0 Å². The molecule has 2 rings (SSSR count). The quantitative estimate of drug-likeness (QED) is 0.855. The molecule has 0 radical (unpaired) electrons. The van der Waals surface area contributed by atoms with Crippen LogP contribution in [0.4, 0.5) is 0 Å². The van der Waals surface area contributed by atoms with E-state index in [4.69, 9.17) is 9.84 Å². The summed E-state index contributed by atoms with van der Waals surface area (Å²) in [7, 11) is 1.51. The molecule has 2 N–H and O–H groups in total. The van der Waals surface area contributed by atoms with Crippen LogP contribution < -0.4 is 4.74 Å². The lowest BCUT2D eigenvalue weighted by Gasteiger charge is -2.01. The van der Waals surface area contributed by atoms with Crippen molar-refractivity contribution in [2.24, 2.45) is 0 Å². The Morgan fingerprint density at radius 1 is 1.47 bits per heavy atom. The maximum absolute atomic E-state index is 11.2. The zero-order valence-electron chi connectivity index (χ0n) is 9.94. The predicted molar refractivity (Wildman–Crippen MR) is 63.7 cm³/mol. The molecule has 1 heterocycles. The summed E-state index contributed by atoms with van der Waals surface area (Å²) >= 11 is 0. The number of imidazole rings is 1. The Bertz CT molecular complexity index is 572. The Kier molecular flexibility index (Phi) is 2.75. The molecule has 0 atom stereocenters. The minimum Gasteiger partial charge on any atom is -0.497 e. The fourth-order valence-corrected chi connectivity index (χ4v) is 1.66. The highest BCUT2D eigenvalue weighted by Gasteiger charge is 2.16. The molecule has 0 spiro atoms. The van der Waals surface area contributed by atoms with E-state index in [-0.39, 0.29) is 11.5 Å². The van der Waals surface area contributed by atoms with E-state index >= 15 is 0 Å². The Balaban J connectivity index is 2.72. The minimum atomic E-state index is -1.00. The largest absolute Gasteiger partial charge is 0.497 e. The van der Waals surface area contributed by atoms with Crippen LogP contribution in [0.2, 0.25) is 0 Å². The number of carboxylic acids is 1. The van der Waals surface area contributed by atoms with Gasteiger partial charge in [-0.3, -0.25) is 0 Å². The van der Waals surface area contributed by atoms with Gasteiger partial charge in [0.15, 0.2) is 0 Å². The van der Waals surface area contributed by atoms with Crippen LogP contribution in [0.5, 0.6) is 5.75 Å². The monoisotopic (exact) mass is 234 g/mol. The second kappa shape index (κ2) is 4.08. The van der Waals surface area contributed by atoms with Crippen LogP contribution in [-0.2, 0) is 0 Å². The highest BCUT2D eigenvalue weighted by atomic mass is 16.5. The molecule has 1 aromatic carbocycles.